The minimum Gasteiger partial charge on any atom is -0.321 e. The zero-order valence-electron chi connectivity index (χ0n) is 12.9. The standard InChI is InChI=1S/C17H11F3N4O/c1-10-15(16(25)23-13-4-2-3-11(7-13)8-21)24-9-12(17(18,19)20)5-6-14(24)22-10/h2-7,9H,1H3,(H,23,25). The second-order valence-corrected chi connectivity index (χ2v) is 5.34. The number of nitrogens with zero attached hydrogens (tertiary/aromatic N) is 3. The van der Waals surface area contributed by atoms with E-state index in [9.17, 15) is 18.0 Å². The van der Waals surface area contributed by atoms with Gasteiger partial charge in [0.15, 0.2) is 0 Å². The molecule has 3 rings (SSSR count). The number of carbonyl (C=O) groups is 1. The molecule has 0 aliphatic heterocycles. The van der Waals surface area contributed by atoms with Crippen LogP contribution in [-0.2, 0) is 6.18 Å². The summed E-state index contributed by atoms with van der Waals surface area (Å²) in [6.45, 7) is 1.54. The zero-order chi connectivity index (χ0) is 18.2. The summed E-state index contributed by atoms with van der Waals surface area (Å²) >= 11 is 0. The van der Waals surface area contributed by atoms with E-state index in [2.05, 4.69) is 10.3 Å². The fourth-order valence-corrected chi connectivity index (χ4v) is 2.46. The van der Waals surface area contributed by atoms with Crippen LogP contribution in [0.5, 0.6) is 0 Å². The fourth-order valence-electron chi connectivity index (χ4n) is 2.46. The Hall–Kier alpha value is -3.34. The third kappa shape index (κ3) is 3.17. The summed E-state index contributed by atoms with van der Waals surface area (Å²) in [6, 6.07) is 10.3. The molecule has 3 aromatic rings. The molecule has 1 aromatic carbocycles. The van der Waals surface area contributed by atoms with Crippen LogP contribution in [-0.4, -0.2) is 15.3 Å². The van der Waals surface area contributed by atoms with Gasteiger partial charge in [0.2, 0.25) is 0 Å². The van der Waals surface area contributed by atoms with Crippen molar-refractivity contribution in [2.75, 3.05) is 5.32 Å². The molecule has 0 saturated heterocycles. The van der Waals surface area contributed by atoms with Crippen molar-refractivity contribution in [3.8, 4) is 6.07 Å². The van der Waals surface area contributed by atoms with Crippen LogP contribution >= 0.6 is 0 Å². The summed E-state index contributed by atoms with van der Waals surface area (Å²) < 4.78 is 39.9. The van der Waals surface area contributed by atoms with E-state index in [1.54, 1.807) is 25.1 Å². The zero-order valence-corrected chi connectivity index (χ0v) is 12.9. The van der Waals surface area contributed by atoms with Crippen molar-refractivity contribution >= 4 is 17.2 Å². The van der Waals surface area contributed by atoms with Gasteiger partial charge in [-0.1, -0.05) is 6.07 Å². The molecular formula is C17H11F3N4O. The first kappa shape index (κ1) is 16.5. The predicted molar refractivity (Wildman–Crippen MR) is 84.0 cm³/mol. The molecule has 1 N–H and O–H groups in total. The maximum atomic E-state index is 12.9. The highest BCUT2D eigenvalue weighted by molar-refractivity contribution is 6.04. The Morgan fingerprint density at radius 2 is 2.04 bits per heavy atom. The van der Waals surface area contributed by atoms with E-state index in [1.807, 2.05) is 6.07 Å². The first-order valence-electron chi connectivity index (χ1n) is 7.17. The van der Waals surface area contributed by atoms with Gasteiger partial charge in [-0.25, -0.2) is 4.98 Å². The highest BCUT2D eigenvalue weighted by Crippen LogP contribution is 2.30. The van der Waals surface area contributed by atoms with Crippen molar-refractivity contribution in [2.24, 2.45) is 0 Å². The normalized spacial score (nSPS) is 11.3. The van der Waals surface area contributed by atoms with Crippen LogP contribution < -0.4 is 5.32 Å². The van der Waals surface area contributed by atoms with Crippen molar-refractivity contribution in [3.63, 3.8) is 0 Å². The first-order chi connectivity index (χ1) is 11.8. The van der Waals surface area contributed by atoms with Crippen LogP contribution in [0.15, 0.2) is 42.6 Å². The third-order valence-electron chi connectivity index (χ3n) is 3.58. The monoisotopic (exact) mass is 344 g/mol. The molecule has 0 atom stereocenters. The Morgan fingerprint density at radius 1 is 1.28 bits per heavy atom. The lowest BCUT2D eigenvalue weighted by Crippen LogP contribution is -2.16. The van der Waals surface area contributed by atoms with Crippen LogP contribution in [0.4, 0.5) is 18.9 Å². The van der Waals surface area contributed by atoms with Crippen molar-refractivity contribution in [3.05, 3.63) is 65.1 Å². The SMILES string of the molecule is Cc1nc2ccc(C(F)(F)F)cn2c1C(=O)Nc1cccc(C#N)c1. The van der Waals surface area contributed by atoms with Crippen molar-refractivity contribution in [1.82, 2.24) is 9.38 Å². The average Bonchev–Trinajstić information content (AvgIpc) is 2.89. The lowest BCUT2D eigenvalue weighted by atomic mass is 10.2. The number of amides is 1. The number of rotatable bonds is 2. The van der Waals surface area contributed by atoms with E-state index in [0.29, 0.717) is 16.9 Å². The van der Waals surface area contributed by atoms with E-state index in [4.69, 9.17) is 5.26 Å². The van der Waals surface area contributed by atoms with Crippen LogP contribution in [0.25, 0.3) is 5.65 Å². The van der Waals surface area contributed by atoms with Crippen LogP contribution in [0, 0.1) is 18.3 Å². The predicted octanol–water partition coefficient (Wildman–Crippen LogP) is 3.79. The van der Waals surface area contributed by atoms with E-state index < -0.39 is 17.6 Å². The molecule has 126 valence electrons. The lowest BCUT2D eigenvalue weighted by molar-refractivity contribution is -0.137. The summed E-state index contributed by atoms with van der Waals surface area (Å²) in [4.78, 5) is 16.6. The quantitative estimate of drug-likeness (QED) is 0.769. The molecule has 0 spiro atoms. The molecule has 25 heavy (non-hydrogen) atoms. The number of halogens is 3. The van der Waals surface area contributed by atoms with Crippen LogP contribution in [0.3, 0.4) is 0 Å². The number of aromatic nitrogens is 2. The van der Waals surface area contributed by atoms with Gasteiger partial charge in [-0.15, -0.1) is 0 Å². The van der Waals surface area contributed by atoms with Crippen molar-refractivity contribution in [2.45, 2.75) is 13.1 Å². The number of carbonyl (C=O) groups excluding carboxylic acids is 1. The summed E-state index contributed by atoms with van der Waals surface area (Å²) in [5.41, 5.74) is 0.383. The number of anilines is 1. The number of hydrogen-bond donors (Lipinski definition) is 1. The van der Waals surface area contributed by atoms with Gasteiger partial charge in [0.25, 0.3) is 5.91 Å². The minimum atomic E-state index is -4.53. The van der Waals surface area contributed by atoms with Gasteiger partial charge in [-0.2, -0.15) is 18.4 Å². The molecule has 5 nitrogen and oxygen atoms in total. The van der Waals surface area contributed by atoms with Gasteiger partial charge >= 0.3 is 6.18 Å². The van der Waals surface area contributed by atoms with Gasteiger partial charge in [0, 0.05) is 11.9 Å². The molecule has 0 fully saturated rings. The fraction of sp³-hybridized carbons (Fsp3) is 0.118. The number of imidazole rings is 1. The van der Waals surface area contributed by atoms with Gasteiger partial charge in [-0.3, -0.25) is 9.20 Å². The van der Waals surface area contributed by atoms with E-state index >= 15 is 0 Å². The number of pyridine rings is 1. The molecule has 0 bridgehead atoms. The summed E-state index contributed by atoms with van der Waals surface area (Å²) in [7, 11) is 0. The summed E-state index contributed by atoms with van der Waals surface area (Å²) in [5.74, 6) is -0.612. The molecule has 0 aliphatic rings. The number of fused-ring (bicyclic) bond motifs is 1. The molecule has 0 radical (unpaired) electrons. The number of aryl methyl sites for hydroxylation is 1. The van der Waals surface area contributed by atoms with Gasteiger partial charge < -0.3 is 5.32 Å². The molecular weight excluding hydrogens is 333 g/mol. The number of nitrogens with one attached hydrogen (secondary N) is 1. The largest absolute Gasteiger partial charge is 0.417 e. The molecule has 1 amide bonds. The van der Waals surface area contributed by atoms with Gasteiger partial charge in [0.05, 0.1) is 22.9 Å². The maximum absolute atomic E-state index is 12.9. The highest BCUT2D eigenvalue weighted by atomic mass is 19.4. The van der Waals surface area contributed by atoms with Crippen molar-refractivity contribution in [1.29, 1.82) is 5.26 Å². The maximum Gasteiger partial charge on any atom is 0.417 e. The lowest BCUT2D eigenvalue weighted by Gasteiger charge is -2.09. The van der Waals surface area contributed by atoms with Gasteiger partial charge in [-0.05, 0) is 37.3 Å². The molecule has 0 unspecified atom stereocenters. The smallest absolute Gasteiger partial charge is 0.321 e. The number of hydrogen-bond acceptors (Lipinski definition) is 3. The van der Waals surface area contributed by atoms with Crippen LogP contribution in [0.1, 0.15) is 27.3 Å². The molecule has 0 aliphatic carbocycles. The summed E-state index contributed by atoms with van der Waals surface area (Å²) in [6.07, 6.45) is -3.68. The Bertz CT molecular complexity index is 1010. The number of nitriles is 1. The third-order valence-corrected chi connectivity index (χ3v) is 3.58. The second-order valence-electron chi connectivity index (χ2n) is 5.34. The number of alkyl halides is 3. The topological polar surface area (TPSA) is 70.2 Å². The summed E-state index contributed by atoms with van der Waals surface area (Å²) in [5, 5.41) is 11.5. The highest BCUT2D eigenvalue weighted by Gasteiger charge is 2.31. The molecule has 2 heterocycles. The van der Waals surface area contributed by atoms with Gasteiger partial charge in [0.1, 0.15) is 11.3 Å². The van der Waals surface area contributed by atoms with Crippen molar-refractivity contribution < 1.29 is 18.0 Å². The molecule has 0 saturated carbocycles. The first-order valence-corrected chi connectivity index (χ1v) is 7.17. The Labute approximate surface area is 140 Å². The van der Waals surface area contributed by atoms with Crippen LogP contribution in [0.2, 0.25) is 0 Å². The molecule has 8 heteroatoms. The number of benzene rings is 1. The van der Waals surface area contributed by atoms with E-state index in [-0.39, 0.29) is 11.3 Å². The Morgan fingerprint density at radius 3 is 2.72 bits per heavy atom. The molecule has 2 aromatic heterocycles. The second kappa shape index (κ2) is 5.94. The average molecular weight is 344 g/mol. The minimum absolute atomic E-state index is 0.00320. The Kier molecular flexibility index (Phi) is 3.93. The Balaban J connectivity index is 2.03. The van der Waals surface area contributed by atoms with E-state index in [1.165, 1.54) is 12.1 Å². The van der Waals surface area contributed by atoms with E-state index in [0.717, 1.165) is 16.7 Å².